The van der Waals surface area contributed by atoms with Gasteiger partial charge in [0, 0.05) is 20.2 Å². The molecule has 1 fully saturated rings. The first kappa shape index (κ1) is 12.3. The fourth-order valence-electron chi connectivity index (χ4n) is 1.94. The minimum Gasteiger partial charge on any atom is -0.383 e. The number of nitrogens with two attached hydrogens (primary N) is 1. The first-order valence-corrected chi connectivity index (χ1v) is 5.85. The molecule has 0 aromatic heterocycles. The molecule has 0 aliphatic heterocycles. The Morgan fingerprint density at radius 2 is 2.13 bits per heavy atom. The van der Waals surface area contributed by atoms with Gasteiger partial charge >= 0.3 is 0 Å². The molecule has 0 unspecified atom stereocenters. The second-order valence-electron chi connectivity index (χ2n) is 4.00. The van der Waals surface area contributed by atoms with Crippen LogP contribution in [0.1, 0.15) is 32.6 Å². The lowest BCUT2D eigenvalue weighted by molar-refractivity contribution is 0.177. The van der Waals surface area contributed by atoms with E-state index in [1.165, 1.54) is 25.7 Å². The van der Waals surface area contributed by atoms with E-state index in [4.69, 9.17) is 10.5 Å². The fraction of sp³-hybridized carbons (Fsp3) is 0.909. The van der Waals surface area contributed by atoms with Crippen LogP contribution in [0.4, 0.5) is 0 Å². The van der Waals surface area contributed by atoms with Crippen LogP contribution in [0.2, 0.25) is 0 Å². The normalized spacial score (nSPS) is 18.4. The van der Waals surface area contributed by atoms with Crippen LogP contribution in [0, 0.1) is 0 Å². The molecule has 0 heterocycles. The number of hydrogen-bond donors (Lipinski definition) is 1. The monoisotopic (exact) mass is 213 g/mol. The van der Waals surface area contributed by atoms with Crippen LogP contribution < -0.4 is 5.73 Å². The Balaban J connectivity index is 2.42. The van der Waals surface area contributed by atoms with Crippen molar-refractivity contribution in [3.05, 3.63) is 0 Å². The van der Waals surface area contributed by atoms with Crippen LogP contribution in [0.25, 0.3) is 0 Å². The second-order valence-corrected chi connectivity index (χ2v) is 4.00. The summed E-state index contributed by atoms with van der Waals surface area (Å²) in [6.07, 6.45) is 4.99. The number of ether oxygens (including phenoxy) is 1. The summed E-state index contributed by atoms with van der Waals surface area (Å²) in [6.45, 7) is 4.52. The lowest BCUT2D eigenvalue weighted by atomic mass is 10.3. The highest BCUT2D eigenvalue weighted by atomic mass is 16.5. The van der Waals surface area contributed by atoms with Gasteiger partial charge in [0.1, 0.15) is 0 Å². The van der Waals surface area contributed by atoms with Crippen LogP contribution in [-0.2, 0) is 4.74 Å². The van der Waals surface area contributed by atoms with Crippen molar-refractivity contribution in [2.45, 2.75) is 38.6 Å². The third kappa shape index (κ3) is 4.08. The van der Waals surface area contributed by atoms with Gasteiger partial charge in [0.25, 0.3) is 0 Å². The maximum atomic E-state index is 5.97. The van der Waals surface area contributed by atoms with Gasteiger partial charge in [-0.05, 0) is 19.8 Å². The molecule has 0 saturated heterocycles. The van der Waals surface area contributed by atoms with Crippen molar-refractivity contribution in [1.29, 1.82) is 0 Å². The molecule has 4 heteroatoms. The van der Waals surface area contributed by atoms with E-state index < -0.39 is 0 Å². The summed E-state index contributed by atoms with van der Waals surface area (Å²) in [7, 11) is 1.71. The molecule has 0 aromatic rings. The van der Waals surface area contributed by atoms with E-state index in [0.29, 0.717) is 18.6 Å². The zero-order valence-corrected chi connectivity index (χ0v) is 9.91. The molecule has 1 saturated carbocycles. The number of methoxy groups -OCH3 is 1. The van der Waals surface area contributed by atoms with Gasteiger partial charge in [-0.2, -0.15) is 0 Å². The lowest BCUT2D eigenvalue weighted by Gasteiger charge is -2.22. The highest BCUT2D eigenvalue weighted by molar-refractivity contribution is 5.78. The molecule has 15 heavy (non-hydrogen) atoms. The smallest absolute Gasteiger partial charge is 0.191 e. The molecule has 0 radical (unpaired) electrons. The summed E-state index contributed by atoms with van der Waals surface area (Å²) >= 11 is 0. The van der Waals surface area contributed by atoms with Gasteiger partial charge in [-0.25, -0.2) is 4.99 Å². The first-order chi connectivity index (χ1) is 7.27. The molecule has 4 nitrogen and oxygen atoms in total. The van der Waals surface area contributed by atoms with Crippen LogP contribution >= 0.6 is 0 Å². The van der Waals surface area contributed by atoms with Crippen molar-refractivity contribution in [1.82, 2.24) is 4.90 Å². The van der Waals surface area contributed by atoms with E-state index in [1.807, 2.05) is 0 Å². The minimum absolute atomic E-state index is 0.460. The zero-order valence-electron chi connectivity index (χ0n) is 9.91. The third-order valence-corrected chi connectivity index (χ3v) is 2.91. The van der Waals surface area contributed by atoms with Crippen molar-refractivity contribution in [3.8, 4) is 0 Å². The number of hydrogen-bond acceptors (Lipinski definition) is 2. The van der Waals surface area contributed by atoms with Gasteiger partial charge in [0.2, 0.25) is 0 Å². The summed E-state index contributed by atoms with van der Waals surface area (Å²) in [5.41, 5.74) is 5.97. The summed E-state index contributed by atoms with van der Waals surface area (Å²) in [5.74, 6) is 0.682. The van der Waals surface area contributed by atoms with Crippen molar-refractivity contribution in [2.24, 2.45) is 10.7 Å². The molecule has 1 aliphatic rings. The molecular formula is C11H23N3O. The predicted molar refractivity (Wildman–Crippen MR) is 63.0 cm³/mol. The van der Waals surface area contributed by atoms with Gasteiger partial charge < -0.3 is 15.4 Å². The van der Waals surface area contributed by atoms with E-state index in [9.17, 15) is 0 Å². The quantitative estimate of drug-likeness (QED) is 0.551. The maximum absolute atomic E-state index is 5.97. The maximum Gasteiger partial charge on any atom is 0.191 e. The van der Waals surface area contributed by atoms with Gasteiger partial charge in [-0.3, -0.25) is 0 Å². The van der Waals surface area contributed by atoms with E-state index in [1.54, 1.807) is 7.11 Å². The number of guanidine groups is 1. The average Bonchev–Trinajstić information content (AvgIpc) is 2.71. The van der Waals surface area contributed by atoms with E-state index in [0.717, 1.165) is 13.1 Å². The van der Waals surface area contributed by atoms with E-state index in [2.05, 4.69) is 16.8 Å². The summed E-state index contributed by atoms with van der Waals surface area (Å²) in [5, 5.41) is 0. The van der Waals surface area contributed by atoms with E-state index in [-0.39, 0.29) is 0 Å². The van der Waals surface area contributed by atoms with Gasteiger partial charge in [0.15, 0.2) is 5.96 Å². The lowest BCUT2D eigenvalue weighted by Crippen LogP contribution is -2.40. The molecule has 0 amide bonds. The standard InChI is InChI=1S/C11H23N3O/c1-3-14(8-9-15-2)11(12)13-10-6-4-5-7-10/h10H,3-9H2,1-2H3,(H2,12,13). The van der Waals surface area contributed by atoms with E-state index >= 15 is 0 Å². The Kier molecular flexibility index (Phi) is 5.47. The molecule has 0 atom stereocenters. The van der Waals surface area contributed by atoms with Crippen LogP contribution in [-0.4, -0.2) is 43.7 Å². The molecule has 0 aromatic carbocycles. The SMILES string of the molecule is CCN(CCOC)C(N)=NC1CCCC1. The van der Waals surface area contributed by atoms with Gasteiger partial charge in [-0.15, -0.1) is 0 Å². The molecule has 1 rings (SSSR count). The molecule has 2 N–H and O–H groups in total. The van der Waals surface area contributed by atoms with Crippen molar-refractivity contribution in [3.63, 3.8) is 0 Å². The Labute approximate surface area is 92.5 Å². The van der Waals surface area contributed by atoms with Crippen molar-refractivity contribution < 1.29 is 4.74 Å². The van der Waals surface area contributed by atoms with Crippen LogP contribution in [0.3, 0.4) is 0 Å². The van der Waals surface area contributed by atoms with Crippen LogP contribution in [0.5, 0.6) is 0 Å². The average molecular weight is 213 g/mol. The summed E-state index contributed by atoms with van der Waals surface area (Å²) < 4.78 is 5.04. The van der Waals surface area contributed by atoms with Crippen molar-refractivity contribution in [2.75, 3.05) is 26.8 Å². The largest absolute Gasteiger partial charge is 0.383 e. The first-order valence-electron chi connectivity index (χ1n) is 5.85. The number of aliphatic imine (C=N–C) groups is 1. The second kappa shape index (κ2) is 6.67. The van der Waals surface area contributed by atoms with Gasteiger partial charge in [0.05, 0.1) is 12.6 Å². The topological polar surface area (TPSA) is 50.9 Å². The van der Waals surface area contributed by atoms with Gasteiger partial charge in [-0.1, -0.05) is 12.8 Å². The Morgan fingerprint density at radius 1 is 1.47 bits per heavy atom. The molecule has 88 valence electrons. The zero-order chi connectivity index (χ0) is 11.1. The summed E-state index contributed by atoms with van der Waals surface area (Å²) in [6, 6.07) is 0.460. The Hall–Kier alpha value is -0.770. The Morgan fingerprint density at radius 3 is 2.67 bits per heavy atom. The summed E-state index contributed by atoms with van der Waals surface area (Å²) in [4.78, 5) is 6.64. The molecular weight excluding hydrogens is 190 g/mol. The number of nitrogens with zero attached hydrogens (tertiary/aromatic N) is 2. The highest BCUT2D eigenvalue weighted by Gasteiger charge is 2.15. The number of rotatable bonds is 5. The number of likely N-dealkylation sites (N-methyl/N-ethyl adjacent to an activating group) is 1. The van der Waals surface area contributed by atoms with Crippen LogP contribution in [0.15, 0.2) is 4.99 Å². The Bertz CT molecular complexity index is 200. The highest BCUT2D eigenvalue weighted by Crippen LogP contribution is 2.20. The predicted octanol–water partition coefficient (Wildman–Crippen LogP) is 1.21. The molecule has 1 aliphatic carbocycles. The fourth-order valence-corrected chi connectivity index (χ4v) is 1.94. The molecule has 0 bridgehead atoms. The minimum atomic E-state index is 0.460. The van der Waals surface area contributed by atoms with Crippen molar-refractivity contribution >= 4 is 5.96 Å². The molecule has 0 spiro atoms. The third-order valence-electron chi connectivity index (χ3n) is 2.91.